The first kappa shape index (κ1) is 26.0. The molecule has 1 N–H and O–H groups in total. The Morgan fingerprint density at radius 2 is 2.18 bits per heavy atom. The van der Waals surface area contributed by atoms with Crippen LogP contribution in [-0.4, -0.2) is 63.5 Å². The van der Waals surface area contributed by atoms with Gasteiger partial charge < -0.3 is 9.84 Å². The van der Waals surface area contributed by atoms with Crippen LogP contribution in [0.3, 0.4) is 0 Å². The molecule has 0 radical (unpaired) electrons. The Morgan fingerprint density at radius 1 is 1.39 bits per heavy atom. The largest absolute Gasteiger partial charge is 0.478 e. The minimum Gasteiger partial charge on any atom is -0.478 e. The monoisotopic (exact) mass is 529 g/mol. The Kier molecular flexibility index (Phi) is 9.60. The van der Waals surface area contributed by atoms with Crippen molar-refractivity contribution in [2.24, 2.45) is 0 Å². The van der Waals surface area contributed by atoms with Gasteiger partial charge in [-0.3, -0.25) is 14.0 Å². The first-order valence-corrected chi connectivity index (χ1v) is 12.7. The van der Waals surface area contributed by atoms with Crippen LogP contribution in [0.2, 0.25) is 10.0 Å². The summed E-state index contributed by atoms with van der Waals surface area (Å²) in [5, 5.41) is 9.96. The van der Waals surface area contributed by atoms with Gasteiger partial charge in [-0.25, -0.2) is 9.78 Å². The van der Waals surface area contributed by atoms with Gasteiger partial charge in [0.05, 0.1) is 39.9 Å². The summed E-state index contributed by atoms with van der Waals surface area (Å²) in [6.07, 6.45) is 3.18. The van der Waals surface area contributed by atoms with Crippen LogP contribution in [-0.2, 0) is 27.3 Å². The quantitative estimate of drug-likeness (QED) is 0.366. The van der Waals surface area contributed by atoms with E-state index in [9.17, 15) is 9.59 Å². The lowest BCUT2D eigenvalue weighted by atomic mass is 10.2. The summed E-state index contributed by atoms with van der Waals surface area (Å²) in [5.41, 5.74) is 1.88. The van der Waals surface area contributed by atoms with Crippen molar-refractivity contribution < 1.29 is 19.4 Å². The highest BCUT2D eigenvalue weighted by atomic mass is 35.5. The van der Waals surface area contributed by atoms with Gasteiger partial charge in [0.2, 0.25) is 5.91 Å². The molecule has 0 saturated carbocycles. The third kappa shape index (κ3) is 7.70. The number of amides is 1. The molecule has 1 aromatic heterocycles. The first-order chi connectivity index (χ1) is 15.7. The second kappa shape index (κ2) is 12.2. The molecule has 1 atom stereocenters. The molecule has 11 heteroatoms. The van der Waals surface area contributed by atoms with Gasteiger partial charge in [0.1, 0.15) is 0 Å². The number of aliphatic carboxylic acids is 1. The molecular formula is C22H25Cl2N3O4S2. The van der Waals surface area contributed by atoms with E-state index in [2.05, 4.69) is 9.88 Å². The number of aryl methyl sites for hydroxylation is 1. The van der Waals surface area contributed by atoms with E-state index in [1.54, 1.807) is 16.4 Å². The molecule has 1 aliphatic heterocycles. The predicted octanol–water partition coefficient (Wildman–Crippen LogP) is 4.87. The van der Waals surface area contributed by atoms with Crippen LogP contribution >= 0.6 is 46.5 Å². The molecule has 0 aliphatic carbocycles. The number of rotatable bonds is 9. The van der Waals surface area contributed by atoms with Crippen LogP contribution in [0.15, 0.2) is 28.6 Å². The van der Waals surface area contributed by atoms with Crippen LogP contribution < -0.4 is 0 Å². The number of carbonyl (C=O) groups is 2. The summed E-state index contributed by atoms with van der Waals surface area (Å²) in [4.78, 5) is 30.8. The molecule has 1 amide bonds. The number of carboxylic acid groups (broad SMARTS) is 1. The molecule has 0 bridgehead atoms. The minimum absolute atomic E-state index is 0.0962. The van der Waals surface area contributed by atoms with Crippen LogP contribution in [0.4, 0.5) is 0 Å². The van der Waals surface area contributed by atoms with Gasteiger partial charge in [0.15, 0.2) is 4.34 Å². The summed E-state index contributed by atoms with van der Waals surface area (Å²) < 4.78 is 8.27. The summed E-state index contributed by atoms with van der Waals surface area (Å²) in [6, 6.07) is 5.63. The van der Waals surface area contributed by atoms with E-state index in [0.29, 0.717) is 40.5 Å². The van der Waals surface area contributed by atoms with Crippen molar-refractivity contribution in [2.45, 2.75) is 37.3 Å². The minimum atomic E-state index is -1.01. The number of nitrogens with zero attached hydrogens (tertiary/aromatic N) is 3. The summed E-state index contributed by atoms with van der Waals surface area (Å²) in [7, 11) is 0. The zero-order valence-corrected chi connectivity index (χ0v) is 21.4. The number of carboxylic acids is 1. The van der Waals surface area contributed by atoms with E-state index >= 15 is 0 Å². The second-order valence-corrected chi connectivity index (χ2v) is 10.6. The third-order valence-electron chi connectivity index (χ3n) is 4.94. The van der Waals surface area contributed by atoms with E-state index in [0.717, 1.165) is 35.3 Å². The summed E-state index contributed by atoms with van der Waals surface area (Å²) in [6.45, 7) is 6.65. The van der Waals surface area contributed by atoms with Crippen molar-refractivity contribution in [3.05, 3.63) is 50.5 Å². The first-order valence-electron chi connectivity index (χ1n) is 10.4. The van der Waals surface area contributed by atoms with Gasteiger partial charge >= 0.3 is 5.97 Å². The maximum atomic E-state index is 12.3. The summed E-state index contributed by atoms with van der Waals surface area (Å²) in [5.74, 6) is -1.11. The number of ether oxygens (including phenoxy) is 1. The standard InChI is InChI=1S/C22H25Cl2N3O4S2/c1-3-19-20(6-7-21(29)30)32-22(25-19)33-27(14(2)28)13-16-12-26(8-9-31-16)11-15-4-5-17(23)18(24)10-15/h4-7,10,16H,3,8-9,11-13H2,1-2H3,(H,29,30)/t16-/m0/s1. The molecule has 1 saturated heterocycles. The van der Waals surface area contributed by atoms with E-state index in [4.69, 9.17) is 33.0 Å². The number of aromatic nitrogens is 1. The Morgan fingerprint density at radius 3 is 2.85 bits per heavy atom. The SMILES string of the molecule is CCc1nc(SN(C[C@@H]2CN(Cc3ccc(Cl)c(Cl)c3)CCO2)C(C)=O)sc1C=CC(=O)O. The molecular weight excluding hydrogens is 505 g/mol. The molecule has 3 rings (SSSR count). The highest BCUT2D eigenvalue weighted by molar-refractivity contribution is 7.99. The zero-order chi connectivity index (χ0) is 24.0. The lowest BCUT2D eigenvalue weighted by molar-refractivity contribution is -0.131. The van der Waals surface area contributed by atoms with Crippen molar-refractivity contribution >= 4 is 64.4 Å². The van der Waals surface area contributed by atoms with E-state index in [1.165, 1.54) is 30.2 Å². The van der Waals surface area contributed by atoms with E-state index < -0.39 is 5.97 Å². The molecule has 1 aromatic carbocycles. The van der Waals surface area contributed by atoms with Gasteiger partial charge in [0, 0.05) is 44.6 Å². The topological polar surface area (TPSA) is 83.0 Å². The Bertz CT molecular complexity index is 1030. The van der Waals surface area contributed by atoms with Crippen LogP contribution in [0.5, 0.6) is 0 Å². The highest BCUT2D eigenvalue weighted by Gasteiger charge is 2.26. The van der Waals surface area contributed by atoms with Gasteiger partial charge in [0.25, 0.3) is 0 Å². The maximum absolute atomic E-state index is 12.3. The number of hydrogen-bond donors (Lipinski definition) is 1. The van der Waals surface area contributed by atoms with Crippen molar-refractivity contribution in [1.29, 1.82) is 0 Å². The van der Waals surface area contributed by atoms with E-state index in [1.807, 2.05) is 19.1 Å². The van der Waals surface area contributed by atoms with Crippen molar-refractivity contribution in [1.82, 2.24) is 14.2 Å². The normalized spacial score (nSPS) is 16.9. The fraction of sp³-hybridized carbons (Fsp3) is 0.409. The number of thiazole rings is 1. The fourth-order valence-electron chi connectivity index (χ4n) is 3.35. The number of hydrogen-bond acceptors (Lipinski definition) is 7. The van der Waals surface area contributed by atoms with Crippen LogP contribution in [0.1, 0.15) is 30.0 Å². The highest BCUT2D eigenvalue weighted by Crippen LogP contribution is 2.32. The van der Waals surface area contributed by atoms with Crippen LogP contribution in [0.25, 0.3) is 6.08 Å². The second-order valence-electron chi connectivity index (χ2n) is 7.46. The fourth-order valence-corrected chi connectivity index (χ4v) is 5.86. The molecule has 2 heterocycles. The zero-order valence-electron chi connectivity index (χ0n) is 18.3. The third-order valence-corrected chi connectivity index (χ3v) is 7.89. The maximum Gasteiger partial charge on any atom is 0.328 e. The van der Waals surface area contributed by atoms with E-state index in [-0.39, 0.29) is 12.0 Å². The molecule has 33 heavy (non-hydrogen) atoms. The molecule has 0 unspecified atom stereocenters. The number of halogens is 2. The van der Waals surface area contributed by atoms with Gasteiger partial charge in [-0.1, -0.05) is 36.2 Å². The average molecular weight is 530 g/mol. The Hall–Kier alpha value is -1.62. The van der Waals surface area contributed by atoms with Crippen molar-refractivity contribution in [3.8, 4) is 0 Å². The summed E-state index contributed by atoms with van der Waals surface area (Å²) >= 11 is 14.8. The molecule has 0 spiro atoms. The average Bonchev–Trinajstić information content (AvgIpc) is 3.16. The molecule has 1 aliphatic rings. The molecule has 1 fully saturated rings. The lowest BCUT2D eigenvalue weighted by Crippen LogP contribution is -2.46. The Balaban J connectivity index is 1.64. The number of morpholine rings is 1. The van der Waals surface area contributed by atoms with Gasteiger partial charge in [-0.2, -0.15) is 0 Å². The number of carbonyl (C=O) groups excluding carboxylic acids is 1. The van der Waals surface area contributed by atoms with Gasteiger partial charge in [-0.15, -0.1) is 11.3 Å². The van der Waals surface area contributed by atoms with Crippen LogP contribution in [0, 0.1) is 0 Å². The van der Waals surface area contributed by atoms with Crippen molar-refractivity contribution in [3.63, 3.8) is 0 Å². The van der Waals surface area contributed by atoms with Gasteiger partial charge in [-0.05, 0) is 30.2 Å². The molecule has 7 nitrogen and oxygen atoms in total. The molecule has 178 valence electrons. The Labute approximate surface area is 211 Å². The predicted molar refractivity (Wildman–Crippen MR) is 133 cm³/mol. The lowest BCUT2D eigenvalue weighted by Gasteiger charge is -2.35. The smallest absolute Gasteiger partial charge is 0.328 e. The number of benzene rings is 1. The van der Waals surface area contributed by atoms with Crippen molar-refractivity contribution in [2.75, 3.05) is 26.2 Å². The molecule has 2 aromatic rings.